The van der Waals surface area contributed by atoms with Crippen LogP contribution in [0.2, 0.25) is 0 Å². The first-order valence-electron chi connectivity index (χ1n) is 6.43. The molecule has 0 spiro atoms. The van der Waals surface area contributed by atoms with E-state index >= 15 is 0 Å². The Kier molecular flexibility index (Phi) is 4.32. The minimum Gasteiger partial charge on any atom is -0.481 e. The van der Waals surface area contributed by atoms with Crippen molar-refractivity contribution in [1.29, 1.82) is 0 Å². The maximum atomic E-state index is 12.1. The van der Waals surface area contributed by atoms with E-state index in [9.17, 15) is 9.59 Å². The van der Waals surface area contributed by atoms with Gasteiger partial charge in [-0.3, -0.25) is 4.79 Å². The lowest BCUT2D eigenvalue weighted by molar-refractivity contribution is -0.142. The van der Waals surface area contributed by atoms with Crippen LogP contribution in [0.3, 0.4) is 0 Å². The zero-order chi connectivity index (χ0) is 14.9. The Bertz CT molecular complexity index is 547. The molecule has 1 heterocycles. The number of urea groups is 1. The van der Waals surface area contributed by atoms with Crippen molar-refractivity contribution in [2.75, 3.05) is 18.4 Å². The highest BCUT2D eigenvalue weighted by atomic mass is 79.9. The van der Waals surface area contributed by atoms with Crippen molar-refractivity contribution < 1.29 is 14.7 Å². The summed E-state index contributed by atoms with van der Waals surface area (Å²) >= 11 is 3.41. The maximum absolute atomic E-state index is 12.1. The summed E-state index contributed by atoms with van der Waals surface area (Å²) in [6.07, 6.45) is 0. The van der Waals surface area contributed by atoms with Gasteiger partial charge in [-0.1, -0.05) is 22.9 Å². The number of aliphatic carboxylic acids is 1. The quantitative estimate of drug-likeness (QED) is 0.869. The molecule has 108 valence electrons. The number of nitrogens with one attached hydrogen (secondary N) is 1. The van der Waals surface area contributed by atoms with Gasteiger partial charge in [-0.2, -0.15) is 0 Å². The van der Waals surface area contributed by atoms with E-state index in [2.05, 4.69) is 21.2 Å². The van der Waals surface area contributed by atoms with Crippen LogP contribution in [0.5, 0.6) is 0 Å². The van der Waals surface area contributed by atoms with Crippen LogP contribution in [-0.2, 0) is 4.79 Å². The summed E-state index contributed by atoms with van der Waals surface area (Å²) in [6, 6.07) is 5.30. The number of nitrogens with zero attached hydrogens (tertiary/aromatic N) is 1. The van der Waals surface area contributed by atoms with Crippen LogP contribution in [0.1, 0.15) is 12.5 Å². The Balaban J connectivity index is 2.02. The van der Waals surface area contributed by atoms with Crippen LogP contribution < -0.4 is 5.32 Å². The highest BCUT2D eigenvalue weighted by Crippen LogP contribution is 2.25. The van der Waals surface area contributed by atoms with Crippen molar-refractivity contribution in [3.63, 3.8) is 0 Å². The summed E-state index contributed by atoms with van der Waals surface area (Å²) in [5, 5.41) is 11.9. The smallest absolute Gasteiger partial charge is 0.321 e. The second-order valence-electron chi connectivity index (χ2n) is 5.22. The number of carboxylic acids is 1. The average Bonchev–Trinajstić information content (AvgIpc) is 2.76. The highest BCUT2D eigenvalue weighted by molar-refractivity contribution is 9.10. The summed E-state index contributed by atoms with van der Waals surface area (Å²) in [7, 11) is 0. The molecule has 0 bridgehead atoms. The predicted octanol–water partition coefficient (Wildman–Crippen LogP) is 2.94. The fraction of sp³-hybridized carbons (Fsp3) is 0.429. The molecule has 5 nitrogen and oxygen atoms in total. The molecule has 1 fully saturated rings. The molecule has 1 aromatic rings. The second kappa shape index (κ2) is 5.83. The standard InChI is InChI=1S/C14H17BrN2O3/c1-8-5-10(3-4-12(8)15)16-14(20)17-6-9(2)11(7-17)13(18)19/h3-5,9,11H,6-7H2,1-2H3,(H,16,20)(H,18,19)/t9-,11-/m1/s1. The summed E-state index contributed by atoms with van der Waals surface area (Å²) in [6.45, 7) is 4.53. The van der Waals surface area contributed by atoms with Gasteiger partial charge in [-0.25, -0.2) is 4.79 Å². The fourth-order valence-corrected chi connectivity index (χ4v) is 2.63. The first-order valence-corrected chi connectivity index (χ1v) is 7.22. The van der Waals surface area contributed by atoms with Gasteiger partial charge < -0.3 is 15.3 Å². The lowest BCUT2D eigenvalue weighted by Gasteiger charge is -2.17. The Morgan fingerprint density at radius 3 is 2.65 bits per heavy atom. The molecule has 1 aliphatic heterocycles. The number of hydrogen-bond acceptors (Lipinski definition) is 2. The van der Waals surface area contributed by atoms with Gasteiger partial charge in [-0.05, 0) is 36.6 Å². The molecule has 0 aromatic heterocycles. The van der Waals surface area contributed by atoms with Crippen LogP contribution in [0, 0.1) is 18.8 Å². The van der Waals surface area contributed by atoms with Crippen molar-refractivity contribution in [1.82, 2.24) is 4.90 Å². The molecule has 2 rings (SSSR count). The van der Waals surface area contributed by atoms with Crippen molar-refractivity contribution in [3.8, 4) is 0 Å². The number of benzene rings is 1. The molecule has 2 amide bonds. The lowest BCUT2D eigenvalue weighted by atomic mass is 9.99. The molecule has 20 heavy (non-hydrogen) atoms. The van der Waals surface area contributed by atoms with E-state index in [1.54, 1.807) is 4.90 Å². The van der Waals surface area contributed by atoms with Crippen molar-refractivity contribution in [2.24, 2.45) is 11.8 Å². The number of amides is 2. The maximum Gasteiger partial charge on any atom is 0.321 e. The molecule has 0 unspecified atom stereocenters. The van der Waals surface area contributed by atoms with Crippen molar-refractivity contribution in [2.45, 2.75) is 13.8 Å². The van der Waals surface area contributed by atoms with E-state index in [0.29, 0.717) is 12.2 Å². The molecular weight excluding hydrogens is 324 g/mol. The molecule has 2 N–H and O–H groups in total. The highest BCUT2D eigenvalue weighted by Gasteiger charge is 2.36. The Hall–Kier alpha value is -1.56. The average molecular weight is 341 g/mol. The second-order valence-corrected chi connectivity index (χ2v) is 6.08. The van der Waals surface area contributed by atoms with E-state index in [4.69, 9.17) is 5.11 Å². The molecule has 2 atom stereocenters. The number of rotatable bonds is 2. The van der Waals surface area contributed by atoms with E-state index in [1.807, 2.05) is 32.0 Å². The minimum atomic E-state index is -0.840. The molecule has 1 aliphatic rings. The topological polar surface area (TPSA) is 69.6 Å². The number of carbonyl (C=O) groups excluding carboxylic acids is 1. The summed E-state index contributed by atoms with van der Waals surface area (Å²) in [5.41, 5.74) is 1.74. The van der Waals surface area contributed by atoms with Gasteiger partial charge in [0.1, 0.15) is 0 Å². The molecule has 0 aliphatic carbocycles. The molecule has 1 aromatic carbocycles. The van der Waals surface area contributed by atoms with Gasteiger partial charge in [0.2, 0.25) is 0 Å². The predicted molar refractivity (Wildman–Crippen MR) is 79.8 cm³/mol. The SMILES string of the molecule is Cc1cc(NC(=O)N2C[C@@H](C)[C@H](C(=O)O)C2)ccc1Br. The number of carbonyl (C=O) groups is 2. The first kappa shape index (κ1) is 14.8. The van der Waals surface area contributed by atoms with Gasteiger partial charge >= 0.3 is 12.0 Å². The van der Waals surface area contributed by atoms with E-state index in [1.165, 1.54) is 0 Å². The van der Waals surface area contributed by atoms with Crippen LogP contribution in [-0.4, -0.2) is 35.1 Å². The molecule has 6 heteroatoms. The van der Waals surface area contributed by atoms with Gasteiger partial charge in [-0.15, -0.1) is 0 Å². The monoisotopic (exact) mass is 340 g/mol. The largest absolute Gasteiger partial charge is 0.481 e. The molecule has 0 radical (unpaired) electrons. The number of aryl methyl sites for hydroxylation is 1. The number of anilines is 1. The van der Waals surface area contributed by atoms with Crippen LogP contribution in [0.15, 0.2) is 22.7 Å². The minimum absolute atomic E-state index is 0.0232. The zero-order valence-electron chi connectivity index (χ0n) is 11.4. The Labute approximate surface area is 126 Å². The Morgan fingerprint density at radius 2 is 2.10 bits per heavy atom. The van der Waals surface area contributed by atoms with Gasteiger partial charge in [0.05, 0.1) is 5.92 Å². The molecular formula is C14H17BrN2O3. The van der Waals surface area contributed by atoms with E-state index < -0.39 is 11.9 Å². The van der Waals surface area contributed by atoms with Crippen LogP contribution in [0.4, 0.5) is 10.5 Å². The van der Waals surface area contributed by atoms with Crippen molar-refractivity contribution in [3.05, 3.63) is 28.2 Å². The third-order valence-corrected chi connectivity index (χ3v) is 4.52. The Morgan fingerprint density at radius 1 is 1.40 bits per heavy atom. The lowest BCUT2D eigenvalue weighted by Crippen LogP contribution is -2.33. The van der Waals surface area contributed by atoms with Gasteiger partial charge in [0, 0.05) is 23.2 Å². The third-order valence-electron chi connectivity index (χ3n) is 3.63. The van der Waals surface area contributed by atoms with E-state index in [-0.39, 0.29) is 18.5 Å². The van der Waals surface area contributed by atoms with E-state index in [0.717, 1.165) is 10.0 Å². The molecule has 0 saturated carbocycles. The fourth-order valence-electron chi connectivity index (χ4n) is 2.38. The number of hydrogen-bond donors (Lipinski definition) is 2. The normalized spacial score (nSPS) is 21.9. The number of halogens is 1. The molecule has 1 saturated heterocycles. The zero-order valence-corrected chi connectivity index (χ0v) is 13.0. The number of likely N-dealkylation sites (tertiary alicyclic amines) is 1. The third kappa shape index (κ3) is 3.12. The van der Waals surface area contributed by atoms with Crippen LogP contribution in [0.25, 0.3) is 0 Å². The van der Waals surface area contributed by atoms with Gasteiger partial charge in [0.15, 0.2) is 0 Å². The summed E-state index contributed by atoms with van der Waals surface area (Å²) in [5.74, 6) is -1.34. The first-order chi connectivity index (χ1) is 9.38. The summed E-state index contributed by atoms with van der Waals surface area (Å²) < 4.78 is 0.983. The van der Waals surface area contributed by atoms with Crippen LogP contribution >= 0.6 is 15.9 Å². The summed E-state index contributed by atoms with van der Waals surface area (Å²) in [4.78, 5) is 24.7. The van der Waals surface area contributed by atoms with Gasteiger partial charge in [0.25, 0.3) is 0 Å². The number of carboxylic acid groups (broad SMARTS) is 1. The van der Waals surface area contributed by atoms with Crippen molar-refractivity contribution >= 4 is 33.6 Å².